The lowest BCUT2D eigenvalue weighted by molar-refractivity contribution is -0.112. The molecule has 0 aliphatic carbocycles. The molecule has 1 aromatic carbocycles. The molecule has 0 amide bonds. The number of allylic oxidation sites excluding steroid dienone is 2. The van der Waals surface area contributed by atoms with Crippen LogP contribution in [0.2, 0.25) is 0 Å². The van der Waals surface area contributed by atoms with E-state index in [2.05, 4.69) is 4.99 Å². The van der Waals surface area contributed by atoms with Crippen molar-refractivity contribution in [1.29, 1.82) is 0 Å². The fourth-order valence-electron chi connectivity index (χ4n) is 1.23. The van der Waals surface area contributed by atoms with E-state index in [1.807, 2.05) is 0 Å². The van der Waals surface area contributed by atoms with E-state index in [1.165, 1.54) is 13.0 Å². The molecule has 0 spiro atoms. The molecule has 0 radical (unpaired) electrons. The summed E-state index contributed by atoms with van der Waals surface area (Å²) < 4.78 is 0. The van der Waals surface area contributed by atoms with E-state index >= 15 is 0 Å². The molecule has 16 heavy (non-hydrogen) atoms. The van der Waals surface area contributed by atoms with Crippen molar-refractivity contribution >= 4 is 17.8 Å². The van der Waals surface area contributed by atoms with Gasteiger partial charge in [0.2, 0.25) is 0 Å². The molecular formula is C13H13NO2. The van der Waals surface area contributed by atoms with Crippen LogP contribution in [0.1, 0.15) is 22.8 Å². The summed E-state index contributed by atoms with van der Waals surface area (Å²) in [5.41, 5.74) is 2.22. The summed E-state index contributed by atoms with van der Waals surface area (Å²) >= 11 is 0. The van der Waals surface area contributed by atoms with Crippen molar-refractivity contribution in [3.8, 4) is 0 Å². The number of hydrogen-bond donors (Lipinski definition) is 0. The predicted molar refractivity (Wildman–Crippen MR) is 64.1 cm³/mol. The van der Waals surface area contributed by atoms with Crippen molar-refractivity contribution in [2.24, 2.45) is 4.99 Å². The third-order valence-electron chi connectivity index (χ3n) is 2.06. The number of rotatable bonds is 4. The number of ketones is 1. The molecule has 0 aromatic heterocycles. The zero-order valence-electron chi connectivity index (χ0n) is 9.31. The number of carbonyl (C=O) groups excluding carboxylic acids is 2. The Bertz CT molecular complexity index is 442. The van der Waals surface area contributed by atoms with Crippen LogP contribution in [0.25, 0.3) is 0 Å². The second-order valence-corrected chi connectivity index (χ2v) is 3.29. The topological polar surface area (TPSA) is 46.5 Å². The van der Waals surface area contributed by atoms with Crippen molar-refractivity contribution in [2.45, 2.75) is 6.92 Å². The summed E-state index contributed by atoms with van der Waals surface area (Å²) in [6.07, 6.45) is 3.92. The van der Waals surface area contributed by atoms with Gasteiger partial charge in [0, 0.05) is 12.6 Å². The van der Waals surface area contributed by atoms with Gasteiger partial charge in [0.05, 0.1) is 5.71 Å². The average molecular weight is 215 g/mol. The summed E-state index contributed by atoms with van der Waals surface area (Å²) in [5, 5.41) is 0. The highest BCUT2D eigenvalue weighted by Crippen LogP contribution is 2.05. The fraction of sp³-hybridized carbons (Fsp3) is 0.154. The largest absolute Gasteiger partial charge is 0.298 e. The van der Waals surface area contributed by atoms with Gasteiger partial charge in [0.25, 0.3) is 0 Å². The van der Waals surface area contributed by atoms with Crippen molar-refractivity contribution in [3.63, 3.8) is 0 Å². The van der Waals surface area contributed by atoms with Crippen LogP contribution in [-0.2, 0) is 4.79 Å². The van der Waals surface area contributed by atoms with E-state index in [0.717, 1.165) is 11.8 Å². The molecule has 1 rings (SSSR count). The van der Waals surface area contributed by atoms with Gasteiger partial charge < -0.3 is 0 Å². The molecule has 0 saturated heterocycles. The van der Waals surface area contributed by atoms with E-state index in [1.54, 1.807) is 37.4 Å². The molecule has 3 heteroatoms. The summed E-state index contributed by atoms with van der Waals surface area (Å²) in [6.45, 7) is 1.49. The maximum atomic E-state index is 10.8. The predicted octanol–water partition coefficient (Wildman–Crippen LogP) is 2.06. The van der Waals surface area contributed by atoms with Gasteiger partial charge in [-0.1, -0.05) is 24.3 Å². The molecule has 0 N–H and O–H groups in total. The third kappa shape index (κ3) is 3.28. The van der Waals surface area contributed by atoms with Crippen LogP contribution in [0.4, 0.5) is 0 Å². The van der Waals surface area contributed by atoms with Crippen LogP contribution >= 0.6 is 0 Å². The molecule has 0 heterocycles. The first-order valence-corrected chi connectivity index (χ1v) is 4.88. The Morgan fingerprint density at radius 1 is 1.19 bits per heavy atom. The average Bonchev–Trinajstić information content (AvgIpc) is 2.30. The number of benzene rings is 1. The van der Waals surface area contributed by atoms with Gasteiger partial charge in [0.1, 0.15) is 6.29 Å². The second kappa shape index (κ2) is 5.75. The Kier molecular flexibility index (Phi) is 4.33. The first kappa shape index (κ1) is 12.0. The van der Waals surface area contributed by atoms with E-state index in [4.69, 9.17) is 0 Å². The Hall–Kier alpha value is -2.03. The lowest BCUT2D eigenvalue weighted by Gasteiger charge is -2.00. The van der Waals surface area contributed by atoms with Crippen molar-refractivity contribution in [3.05, 3.63) is 47.5 Å². The van der Waals surface area contributed by atoms with Crippen molar-refractivity contribution in [2.75, 3.05) is 7.05 Å². The Labute approximate surface area is 94.5 Å². The molecule has 0 bridgehead atoms. The van der Waals surface area contributed by atoms with Gasteiger partial charge in [0.15, 0.2) is 5.78 Å². The van der Waals surface area contributed by atoms with E-state index in [9.17, 15) is 9.59 Å². The molecule has 82 valence electrons. The standard InChI is InChI=1S/C13H13NO2/c1-10(16)3-8-13(14-2)12-6-4-11(9-15)5-7-12/h3-9H,1-2H3/b8-3-,14-13?. The maximum Gasteiger partial charge on any atom is 0.152 e. The van der Waals surface area contributed by atoms with Crippen LogP contribution in [0.15, 0.2) is 41.4 Å². The minimum atomic E-state index is -0.0225. The third-order valence-corrected chi connectivity index (χ3v) is 2.06. The summed E-state index contributed by atoms with van der Waals surface area (Å²) in [6, 6.07) is 7.04. The highest BCUT2D eigenvalue weighted by Gasteiger charge is 1.99. The zero-order chi connectivity index (χ0) is 12.0. The quantitative estimate of drug-likeness (QED) is 0.438. The highest BCUT2D eigenvalue weighted by atomic mass is 16.1. The Balaban J connectivity index is 2.96. The van der Waals surface area contributed by atoms with E-state index < -0.39 is 0 Å². The summed E-state index contributed by atoms with van der Waals surface area (Å²) in [4.78, 5) is 25.4. The van der Waals surface area contributed by atoms with Gasteiger partial charge in [-0.05, 0) is 24.6 Å². The van der Waals surface area contributed by atoms with E-state index in [0.29, 0.717) is 11.3 Å². The molecule has 0 fully saturated rings. The van der Waals surface area contributed by atoms with Gasteiger partial charge in [-0.15, -0.1) is 0 Å². The zero-order valence-corrected chi connectivity index (χ0v) is 9.31. The SMILES string of the molecule is CN=C(/C=C\C(C)=O)c1ccc(C=O)cc1. The van der Waals surface area contributed by atoms with Gasteiger partial charge in [-0.3, -0.25) is 14.6 Å². The molecule has 1 aromatic rings. The van der Waals surface area contributed by atoms with Crippen LogP contribution in [-0.4, -0.2) is 24.8 Å². The lowest BCUT2D eigenvalue weighted by atomic mass is 10.1. The van der Waals surface area contributed by atoms with Gasteiger partial charge in [-0.25, -0.2) is 0 Å². The summed E-state index contributed by atoms with van der Waals surface area (Å²) in [5.74, 6) is -0.0225. The number of nitrogens with zero attached hydrogens (tertiary/aromatic N) is 1. The first-order valence-electron chi connectivity index (χ1n) is 4.88. The molecule has 0 aliphatic heterocycles. The molecule has 0 unspecified atom stereocenters. The number of carbonyl (C=O) groups is 2. The van der Waals surface area contributed by atoms with Crippen LogP contribution in [0, 0.1) is 0 Å². The highest BCUT2D eigenvalue weighted by molar-refractivity contribution is 6.11. The van der Waals surface area contributed by atoms with Gasteiger partial charge in [-0.2, -0.15) is 0 Å². The Morgan fingerprint density at radius 2 is 1.81 bits per heavy atom. The summed E-state index contributed by atoms with van der Waals surface area (Å²) in [7, 11) is 1.66. The van der Waals surface area contributed by atoms with Crippen LogP contribution < -0.4 is 0 Å². The molecule has 0 saturated carbocycles. The van der Waals surface area contributed by atoms with Crippen LogP contribution in [0.5, 0.6) is 0 Å². The van der Waals surface area contributed by atoms with Crippen molar-refractivity contribution < 1.29 is 9.59 Å². The lowest BCUT2D eigenvalue weighted by Crippen LogP contribution is -1.98. The minimum Gasteiger partial charge on any atom is -0.298 e. The number of aliphatic imine (C=N–C) groups is 1. The smallest absolute Gasteiger partial charge is 0.152 e. The minimum absolute atomic E-state index is 0.0225. The molecule has 0 atom stereocenters. The number of hydrogen-bond acceptors (Lipinski definition) is 3. The molecular weight excluding hydrogens is 202 g/mol. The van der Waals surface area contributed by atoms with Gasteiger partial charge >= 0.3 is 0 Å². The Morgan fingerprint density at radius 3 is 2.25 bits per heavy atom. The fourth-order valence-corrected chi connectivity index (χ4v) is 1.23. The molecule has 3 nitrogen and oxygen atoms in total. The second-order valence-electron chi connectivity index (χ2n) is 3.29. The number of aldehydes is 1. The van der Waals surface area contributed by atoms with Crippen molar-refractivity contribution in [1.82, 2.24) is 0 Å². The molecule has 0 aliphatic rings. The first-order chi connectivity index (χ1) is 7.67. The normalized spacial score (nSPS) is 11.8. The maximum absolute atomic E-state index is 10.8. The monoisotopic (exact) mass is 215 g/mol. The van der Waals surface area contributed by atoms with Crippen LogP contribution in [0.3, 0.4) is 0 Å². The van der Waals surface area contributed by atoms with E-state index in [-0.39, 0.29) is 5.78 Å².